The third-order valence-electron chi connectivity index (χ3n) is 5.04. The molecule has 3 aromatic rings. The van der Waals surface area contributed by atoms with Crippen LogP contribution in [0.25, 0.3) is 5.69 Å². The molecule has 1 amide bonds. The van der Waals surface area contributed by atoms with E-state index in [0.29, 0.717) is 5.56 Å². The summed E-state index contributed by atoms with van der Waals surface area (Å²) in [6, 6.07) is 16.5. The Morgan fingerprint density at radius 1 is 1.12 bits per heavy atom. The highest BCUT2D eigenvalue weighted by atomic mass is 16.1. The summed E-state index contributed by atoms with van der Waals surface area (Å²) in [6.45, 7) is 3.99. The number of rotatable bonds is 3. The van der Waals surface area contributed by atoms with E-state index >= 15 is 0 Å². The highest BCUT2D eigenvalue weighted by molar-refractivity contribution is 5.95. The van der Waals surface area contributed by atoms with Gasteiger partial charge in [-0.15, -0.1) is 0 Å². The molecule has 4 rings (SSSR count). The summed E-state index contributed by atoms with van der Waals surface area (Å²) in [5, 5.41) is 7.62. The van der Waals surface area contributed by atoms with E-state index in [0.717, 1.165) is 29.8 Å². The minimum absolute atomic E-state index is 0.0564. The monoisotopic (exact) mass is 331 g/mol. The minimum Gasteiger partial charge on any atom is -0.345 e. The van der Waals surface area contributed by atoms with Gasteiger partial charge in [-0.25, -0.2) is 4.68 Å². The largest absolute Gasteiger partial charge is 0.345 e. The zero-order valence-corrected chi connectivity index (χ0v) is 14.5. The van der Waals surface area contributed by atoms with Crippen molar-refractivity contribution in [2.75, 3.05) is 0 Å². The first-order chi connectivity index (χ1) is 12.1. The fraction of sp³-hybridized carbons (Fsp3) is 0.238. The number of hydrogen-bond donors (Lipinski definition) is 1. The maximum atomic E-state index is 12.8. The van der Waals surface area contributed by atoms with Gasteiger partial charge in [-0.1, -0.05) is 42.5 Å². The molecule has 1 atom stereocenters. The van der Waals surface area contributed by atoms with Crippen LogP contribution in [0.1, 0.15) is 45.2 Å². The first kappa shape index (κ1) is 15.6. The van der Waals surface area contributed by atoms with Gasteiger partial charge in [0.1, 0.15) is 0 Å². The Balaban J connectivity index is 1.59. The van der Waals surface area contributed by atoms with Crippen LogP contribution < -0.4 is 5.32 Å². The van der Waals surface area contributed by atoms with E-state index in [-0.39, 0.29) is 11.9 Å². The quantitative estimate of drug-likeness (QED) is 0.791. The van der Waals surface area contributed by atoms with Crippen LogP contribution in [0.4, 0.5) is 0 Å². The Kier molecular flexibility index (Phi) is 3.88. The van der Waals surface area contributed by atoms with Crippen LogP contribution in [0.2, 0.25) is 0 Å². The maximum Gasteiger partial charge on any atom is 0.255 e. The Labute approximate surface area is 147 Å². The molecular formula is C21H21N3O. The second-order valence-corrected chi connectivity index (χ2v) is 6.61. The lowest BCUT2D eigenvalue weighted by Gasteiger charge is -2.14. The summed E-state index contributed by atoms with van der Waals surface area (Å²) in [7, 11) is 0. The minimum atomic E-state index is -0.0564. The number of nitrogens with zero attached hydrogens (tertiary/aromatic N) is 2. The average Bonchev–Trinajstić information content (AvgIpc) is 3.20. The summed E-state index contributed by atoms with van der Waals surface area (Å²) >= 11 is 0. The van der Waals surface area contributed by atoms with Crippen molar-refractivity contribution in [3.63, 3.8) is 0 Å². The molecule has 0 fully saturated rings. The van der Waals surface area contributed by atoms with Crippen LogP contribution in [0.15, 0.2) is 54.7 Å². The third-order valence-corrected chi connectivity index (χ3v) is 5.04. The van der Waals surface area contributed by atoms with E-state index in [1.807, 2.05) is 48.9 Å². The molecule has 4 heteroatoms. The van der Waals surface area contributed by atoms with E-state index in [1.54, 1.807) is 6.20 Å². The van der Waals surface area contributed by atoms with Gasteiger partial charge in [-0.3, -0.25) is 4.79 Å². The number of para-hydroxylation sites is 1. The molecule has 4 nitrogen and oxygen atoms in total. The fourth-order valence-corrected chi connectivity index (χ4v) is 3.62. The predicted octanol–water partition coefficient (Wildman–Crippen LogP) is 3.91. The normalized spacial score (nSPS) is 15.8. The molecule has 126 valence electrons. The average molecular weight is 331 g/mol. The zero-order valence-electron chi connectivity index (χ0n) is 14.5. The highest BCUT2D eigenvalue weighted by Crippen LogP contribution is 2.31. The topological polar surface area (TPSA) is 46.9 Å². The Morgan fingerprint density at radius 2 is 1.88 bits per heavy atom. The molecule has 0 unspecified atom stereocenters. The van der Waals surface area contributed by atoms with Gasteiger partial charge in [-0.05, 0) is 49.4 Å². The van der Waals surface area contributed by atoms with E-state index in [9.17, 15) is 4.79 Å². The van der Waals surface area contributed by atoms with Gasteiger partial charge >= 0.3 is 0 Å². The summed E-state index contributed by atoms with van der Waals surface area (Å²) in [6.07, 6.45) is 3.64. The molecule has 1 aromatic heterocycles. The van der Waals surface area contributed by atoms with Gasteiger partial charge in [0.15, 0.2) is 0 Å². The number of hydrogen-bond acceptors (Lipinski definition) is 2. The lowest BCUT2D eigenvalue weighted by Crippen LogP contribution is -2.27. The van der Waals surface area contributed by atoms with Crippen molar-refractivity contribution in [2.45, 2.75) is 32.7 Å². The van der Waals surface area contributed by atoms with Crippen LogP contribution in [-0.2, 0) is 6.42 Å². The number of benzene rings is 2. The van der Waals surface area contributed by atoms with E-state index < -0.39 is 0 Å². The van der Waals surface area contributed by atoms with E-state index in [4.69, 9.17) is 0 Å². The van der Waals surface area contributed by atoms with E-state index in [2.05, 4.69) is 28.6 Å². The Morgan fingerprint density at radius 3 is 2.72 bits per heavy atom. The second kappa shape index (κ2) is 6.20. The van der Waals surface area contributed by atoms with Gasteiger partial charge in [0, 0.05) is 0 Å². The molecule has 2 aromatic carbocycles. The van der Waals surface area contributed by atoms with Crippen molar-refractivity contribution in [1.29, 1.82) is 0 Å². The van der Waals surface area contributed by atoms with Crippen molar-refractivity contribution >= 4 is 5.91 Å². The van der Waals surface area contributed by atoms with Crippen molar-refractivity contribution in [3.8, 4) is 5.69 Å². The van der Waals surface area contributed by atoms with Gasteiger partial charge in [0.25, 0.3) is 5.91 Å². The molecule has 1 aliphatic rings. The molecule has 1 aliphatic carbocycles. The first-order valence-corrected chi connectivity index (χ1v) is 8.64. The third kappa shape index (κ3) is 2.74. The predicted molar refractivity (Wildman–Crippen MR) is 98.0 cm³/mol. The number of fused-ring (bicyclic) bond motifs is 1. The summed E-state index contributed by atoms with van der Waals surface area (Å²) < 4.78 is 1.84. The zero-order chi connectivity index (χ0) is 17.4. The molecule has 25 heavy (non-hydrogen) atoms. The van der Waals surface area contributed by atoms with Crippen molar-refractivity contribution in [3.05, 3.63) is 82.7 Å². The summed E-state index contributed by atoms with van der Waals surface area (Å²) in [5.41, 5.74) is 6.20. The van der Waals surface area contributed by atoms with Crippen LogP contribution in [0, 0.1) is 13.8 Å². The Hall–Kier alpha value is -2.88. The molecule has 0 radical (unpaired) electrons. The molecular weight excluding hydrogens is 310 g/mol. The van der Waals surface area contributed by atoms with Gasteiger partial charge in [0.05, 0.1) is 29.2 Å². The number of aromatic nitrogens is 2. The lowest BCUT2D eigenvalue weighted by atomic mass is 10.1. The Bertz CT molecular complexity index is 942. The van der Waals surface area contributed by atoms with Crippen LogP contribution in [0.5, 0.6) is 0 Å². The van der Waals surface area contributed by atoms with Crippen molar-refractivity contribution < 1.29 is 4.79 Å². The molecule has 0 saturated carbocycles. The lowest BCUT2D eigenvalue weighted by molar-refractivity contribution is 0.0936. The molecule has 0 bridgehead atoms. The fourth-order valence-electron chi connectivity index (χ4n) is 3.62. The molecule has 1 N–H and O–H groups in total. The van der Waals surface area contributed by atoms with Crippen molar-refractivity contribution in [1.82, 2.24) is 15.1 Å². The summed E-state index contributed by atoms with van der Waals surface area (Å²) in [5.74, 6) is -0.0564. The van der Waals surface area contributed by atoms with Crippen LogP contribution in [0.3, 0.4) is 0 Å². The molecule has 0 saturated heterocycles. The maximum absolute atomic E-state index is 12.8. The molecule has 1 heterocycles. The van der Waals surface area contributed by atoms with Gasteiger partial charge in [0.2, 0.25) is 0 Å². The number of carbonyl (C=O) groups excluding carboxylic acids is 1. The van der Waals surface area contributed by atoms with Crippen molar-refractivity contribution in [2.24, 2.45) is 0 Å². The number of aryl methyl sites for hydroxylation is 2. The number of nitrogens with one attached hydrogen (secondary N) is 1. The summed E-state index contributed by atoms with van der Waals surface area (Å²) in [4.78, 5) is 12.8. The molecule has 0 spiro atoms. The van der Waals surface area contributed by atoms with E-state index in [1.165, 1.54) is 11.1 Å². The van der Waals surface area contributed by atoms with Gasteiger partial charge < -0.3 is 5.32 Å². The number of amides is 1. The number of carbonyl (C=O) groups is 1. The van der Waals surface area contributed by atoms with Crippen LogP contribution >= 0.6 is 0 Å². The van der Waals surface area contributed by atoms with Gasteiger partial charge in [-0.2, -0.15) is 5.10 Å². The first-order valence-electron chi connectivity index (χ1n) is 8.64. The van der Waals surface area contributed by atoms with Crippen LogP contribution in [-0.4, -0.2) is 15.7 Å². The SMILES string of the molecule is Cc1ccccc1-n1ncc(C(=O)N[C@@H]2CCc3ccccc32)c1C. The second-order valence-electron chi connectivity index (χ2n) is 6.61. The standard InChI is InChI=1S/C21H21N3O/c1-14-7-3-6-10-20(14)24-15(2)18(13-22-24)21(25)23-19-12-11-16-8-4-5-9-17(16)19/h3-10,13,19H,11-12H2,1-2H3,(H,23,25)/t19-/m1/s1. The molecule has 0 aliphatic heterocycles. The smallest absolute Gasteiger partial charge is 0.255 e. The highest BCUT2D eigenvalue weighted by Gasteiger charge is 2.25.